The second-order valence-corrected chi connectivity index (χ2v) is 9.17. The predicted octanol–water partition coefficient (Wildman–Crippen LogP) is 3.77. The van der Waals surface area contributed by atoms with E-state index in [4.69, 9.17) is 4.74 Å². The normalized spacial score (nSPS) is 12.8. The number of ether oxygens (including phenoxy) is 1. The van der Waals surface area contributed by atoms with Crippen LogP contribution in [0.3, 0.4) is 0 Å². The Bertz CT molecular complexity index is 1340. The van der Waals surface area contributed by atoms with Crippen molar-refractivity contribution in [1.82, 2.24) is 19.3 Å². The lowest BCUT2D eigenvalue weighted by Gasteiger charge is -2.21. The van der Waals surface area contributed by atoms with Gasteiger partial charge in [-0.05, 0) is 53.8 Å². The Balaban J connectivity index is 1.47. The Kier molecular flexibility index (Phi) is 6.03. The second-order valence-electron chi connectivity index (χ2n) is 9.17. The van der Waals surface area contributed by atoms with Crippen molar-refractivity contribution in [2.45, 2.75) is 45.8 Å². The smallest absolute Gasteiger partial charge is 0.264 e. The molecule has 172 valence electrons. The summed E-state index contributed by atoms with van der Waals surface area (Å²) in [5.41, 5.74) is 2.88. The minimum Gasteiger partial charge on any atom is -0.491 e. The molecule has 2 heterocycles. The van der Waals surface area contributed by atoms with Crippen LogP contribution in [0.5, 0.6) is 5.75 Å². The second kappa shape index (κ2) is 8.78. The van der Waals surface area contributed by atoms with Crippen LogP contribution in [0, 0.1) is 12.7 Å². The highest BCUT2D eigenvalue weighted by Crippen LogP contribution is 2.27. The van der Waals surface area contributed by atoms with Crippen LogP contribution in [-0.2, 0) is 12.0 Å². The summed E-state index contributed by atoms with van der Waals surface area (Å²) in [6.45, 7) is 8.49. The van der Waals surface area contributed by atoms with Crippen molar-refractivity contribution in [3.63, 3.8) is 0 Å². The molecule has 0 spiro atoms. The first-order valence-electron chi connectivity index (χ1n) is 10.7. The van der Waals surface area contributed by atoms with Crippen molar-refractivity contribution < 1.29 is 14.2 Å². The average Bonchev–Trinajstić information content (AvgIpc) is 3.19. The van der Waals surface area contributed by atoms with E-state index in [1.165, 1.54) is 39.5 Å². The van der Waals surface area contributed by atoms with Gasteiger partial charge in [0.15, 0.2) is 5.65 Å². The van der Waals surface area contributed by atoms with Gasteiger partial charge >= 0.3 is 0 Å². The van der Waals surface area contributed by atoms with Crippen molar-refractivity contribution in [1.29, 1.82) is 0 Å². The number of hydrogen-bond acceptors (Lipinski definition) is 5. The largest absolute Gasteiger partial charge is 0.491 e. The minimum atomic E-state index is -0.907. The fourth-order valence-electron chi connectivity index (χ4n) is 3.59. The van der Waals surface area contributed by atoms with E-state index >= 15 is 0 Å². The van der Waals surface area contributed by atoms with Crippen LogP contribution in [0.4, 0.5) is 4.39 Å². The summed E-state index contributed by atoms with van der Waals surface area (Å²) in [5, 5.41) is 15.0. The Labute approximate surface area is 191 Å². The quantitative estimate of drug-likeness (QED) is 0.484. The molecule has 0 saturated carbocycles. The molecule has 1 unspecified atom stereocenters. The van der Waals surface area contributed by atoms with E-state index in [-0.39, 0.29) is 29.9 Å². The molecule has 1 N–H and O–H groups in total. The number of hydrogen-bond donors (Lipinski definition) is 1. The molecule has 0 radical (unpaired) electrons. The zero-order valence-corrected chi connectivity index (χ0v) is 19.1. The zero-order chi connectivity index (χ0) is 23.8. The van der Waals surface area contributed by atoms with E-state index in [1.807, 2.05) is 19.1 Å². The lowest BCUT2D eigenvalue weighted by atomic mass is 9.86. The van der Waals surface area contributed by atoms with Crippen molar-refractivity contribution in [2.75, 3.05) is 6.61 Å². The number of nitrogens with zero attached hydrogens (tertiary/aromatic N) is 4. The van der Waals surface area contributed by atoms with Crippen molar-refractivity contribution in [3.8, 4) is 11.4 Å². The van der Waals surface area contributed by atoms with Gasteiger partial charge in [-0.15, -0.1) is 0 Å². The van der Waals surface area contributed by atoms with Crippen LogP contribution in [0.1, 0.15) is 31.9 Å². The Morgan fingerprint density at radius 1 is 1.15 bits per heavy atom. The van der Waals surface area contributed by atoms with Gasteiger partial charge in [-0.2, -0.15) is 5.10 Å². The lowest BCUT2D eigenvalue weighted by molar-refractivity contribution is 0.0911. The highest BCUT2D eigenvalue weighted by Gasteiger charge is 2.17. The third-order valence-electron chi connectivity index (χ3n) is 5.51. The van der Waals surface area contributed by atoms with Crippen molar-refractivity contribution >= 4 is 11.0 Å². The molecule has 2 aromatic heterocycles. The summed E-state index contributed by atoms with van der Waals surface area (Å²) in [4.78, 5) is 17.2. The van der Waals surface area contributed by atoms with Gasteiger partial charge in [0.2, 0.25) is 0 Å². The highest BCUT2D eigenvalue weighted by atomic mass is 19.1. The van der Waals surface area contributed by atoms with Crippen LogP contribution >= 0.6 is 0 Å². The Morgan fingerprint density at radius 3 is 2.55 bits per heavy atom. The highest BCUT2D eigenvalue weighted by molar-refractivity contribution is 5.74. The SMILES string of the molecule is Cc1cc(C(C)(C)C)ccc1OCC(O)Cn1cnc2c(cnn2-c2ccc(F)cc2)c1=O. The molecule has 4 aromatic rings. The maximum atomic E-state index is 13.2. The van der Waals surface area contributed by atoms with E-state index in [2.05, 4.69) is 36.9 Å². The number of benzene rings is 2. The summed E-state index contributed by atoms with van der Waals surface area (Å²) >= 11 is 0. The minimum absolute atomic E-state index is 0.0304. The maximum Gasteiger partial charge on any atom is 0.264 e. The number of rotatable bonds is 6. The fraction of sp³-hybridized carbons (Fsp3) is 0.320. The van der Waals surface area contributed by atoms with Gasteiger partial charge in [-0.25, -0.2) is 14.1 Å². The monoisotopic (exact) mass is 450 g/mol. The summed E-state index contributed by atoms with van der Waals surface area (Å²) in [5.74, 6) is 0.339. The lowest BCUT2D eigenvalue weighted by Crippen LogP contribution is -2.30. The van der Waals surface area contributed by atoms with Gasteiger partial charge in [-0.3, -0.25) is 9.36 Å². The van der Waals surface area contributed by atoms with Crippen molar-refractivity contribution in [3.05, 3.63) is 82.3 Å². The predicted molar refractivity (Wildman–Crippen MR) is 124 cm³/mol. The van der Waals surface area contributed by atoms with Crippen molar-refractivity contribution in [2.24, 2.45) is 0 Å². The molecule has 7 nitrogen and oxygen atoms in total. The topological polar surface area (TPSA) is 82.2 Å². The first-order valence-corrected chi connectivity index (χ1v) is 10.7. The summed E-state index contributed by atoms with van der Waals surface area (Å²) in [6.07, 6.45) is 1.89. The Morgan fingerprint density at radius 2 is 1.88 bits per heavy atom. The number of aromatic nitrogens is 4. The molecule has 0 aliphatic carbocycles. The molecule has 2 aromatic carbocycles. The average molecular weight is 451 g/mol. The molecule has 33 heavy (non-hydrogen) atoms. The first-order chi connectivity index (χ1) is 15.6. The van der Waals surface area contributed by atoms with E-state index < -0.39 is 6.10 Å². The zero-order valence-electron chi connectivity index (χ0n) is 19.1. The molecule has 0 amide bonds. The number of aliphatic hydroxyl groups excluding tert-OH is 1. The molecule has 1 atom stereocenters. The number of fused-ring (bicyclic) bond motifs is 1. The van der Waals surface area contributed by atoms with Gasteiger partial charge in [0.1, 0.15) is 36.0 Å². The van der Waals surface area contributed by atoms with Gasteiger partial charge in [0, 0.05) is 0 Å². The molecule has 0 aliphatic rings. The third kappa shape index (κ3) is 4.80. The molecular weight excluding hydrogens is 423 g/mol. The van der Waals surface area contributed by atoms with E-state index in [1.54, 1.807) is 12.1 Å². The van der Waals surface area contributed by atoms with Gasteiger partial charge in [-0.1, -0.05) is 32.9 Å². The summed E-state index contributed by atoms with van der Waals surface area (Å²) < 4.78 is 21.8. The van der Waals surface area contributed by atoms with Crippen LogP contribution < -0.4 is 10.3 Å². The number of halogens is 1. The first kappa shape index (κ1) is 22.7. The Hall–Kier alpha value is -3.52. The van der Waals surface area contributed by atoms with E-state index in [9.17, 15) is 14.3 Å². The molecule has 4 rings (SSSR count). The number of aliphatic hydroxyl groups is 1. The molecular formula is C25H27FN4O3. The molecule has 0 saturated heterocycles. The summed E-state index contributed by atoms with van der Waals surface area (Å²) in [7, 11) is 0. The molecule has 0 aliphatic heterocycles. The van der Waals surface area contributed by atoms with Crippen LogP contribution in [0.2, 0.25) is 0 Å². The van der Waals surface area contributed by atoms with Crippen LogP contribution in [0.15, 0.2) is 59.8 Å². The molecule has 8 heteroatoms. The van der Waals surface area contributed by atoms with Gasteiger partial charge in [0.05, 0.1) is 18.4 Å². The molecule has 0 fully saturated rings. The maximum absolute atomic E-state index is 13.2. The summed E-state index contributed by atoms with van der Waals surface area (Å²) in [6, 6.07) is 11.8. The third-order valence-corrected chi connectivity index (χ3v) is 5.51. The fourth-order valence-corrected chi connectivity index (χ4v) is 3.59. The van der Waals surface area contributed by atoms with Gasteiger partial charge < -0.3 is 9.84 Å². The molecule has 0 bridgehead atoms. The van der Waals surface area contributed by atoms with E-state index in [0.29, 0.717) is 22.5 Å². The van der Waals surface area contributed by atoms with Crippen LogP contribution in [0.25, 0.3) is 16.7 Å². The number of aryl methyl sites for hydroxylation is 1. The standard InChI is InChI=1S/C25H27FN4O3/c1-16-11-17(25(2,3)4)5-10-22(16)33-14-20(31)13-29-15-27-23-21(24(29)32)12-28-30(23)19-8-6-18(26)7-9-19/h5-12,15,20,31H,13-14H2,1-4H3. The van der Waals surface area contributed by atoms with Crippen LogP contribution in [-0.4, -0.2) is 37.1 Å². The van der Waals surface area contributed by atoms with E-state index in [0.717, 1.165) is 5.56 Å². The van der Waals surface area contributed by atoms with Gasteiger partial charge in [0.25, 0.3) is 5.56 Å².